The number of hydrogen-bond donors (Lipinski definition) is 2. The van der Waals surface area contributed by atoms with Crippen molar-refractivity contribution in [1.82, 2.24) is 9.71 Å². The molecule has 1 aromatic carbocycles. The summed E-state index contributed by atoms with van der Waals surface area (Å²) in [5.74, 6) is -0.993. The van der Waals surface area contributed by atoms with Gasteiger partial charge in [-0.3, -0.25) is 5.32 Å². The van der Waals surface area contributed by atoms with E-state index in [9.17, 15) is 18.0 Å². The zero-order valence-corrected chi connectivity index (χ0v) is 17.2. The lowest BCUT2D eigenvalue weighted by Gasteiger charge is -2.14. The fourth-order valence-corrected chi connectivity index (χ4v) is 2.90. The van der Waals surface area contributed by atoms with Crippen LogP contribution in [0.4, 0.5) is 10.6 Å². The van der Waals surface area contributed by atoms with Crippen LogP contribution in [0.3, 0.4) is 0 Å². The first kappa shape index (κ1) is 22.5. The van der Waals surface area contributed by atoms with E-state index in [1.54, 1.807) is 4.72 Å². The molecule has 0 saturated carbocycles. The molecule has 0 saturated heterocycles. The Morgan fingerprint density at radius 1 is 1.00 bits per heavy atom. The molecule has 0 aliphatic heterocycles. The first-order valence-electron chi connectivity index (χ1n) is 8.11. The Kier molecular flexibility index (Phi) is 7.25. The molecule has 0 aliphatic rings. The molecule has 2 aromatic rings. The van der Waals surface area contributed by atoms with E-state index in [0.29, 0.717) is 5.75 Å². The molecule has 13 heteroatoms. The molecule has 2 rings (SSSR count). The van der Waals surface area contributed by atoms with E-state index in [1.165, 1.54) is 51.7 Å². The molecule has 2 amide bonds. The topological polar surface area (TPSA) is 151 Å². The lowest BCUT2D eigenvalue weighted by molar-refractivity contribution is 0.0598. The Morgan fingerprint density at radius 2 is 1.73 bits per heavy atom. The van der Waals surface area contributed by atoms with Crippen molar-refractivity contribution in [1.29, 1.82) is 0 Å². The molecule has 0 aliphatic carbocycles. The number of nitrogens with one attached hydrogen (secondary N) is 2. The molecule has 2 N–H and O–H groups in total. The predicted molar refractivity (Wildman–Crippen MR) is 103 cm³/mol. The number of esters is 1. The number of amides is 2. The molecular weight excluding hydrogens is 422 g/mol. The third-order valence-electron chi connectivity index (χ3n) is 3.48. The Hall–Kier alpha value is -3.74. The molecule has 0 fully saturated rings. The molecule has 30 heavy (non-hydrogen) atoms. The van der Waals surface area contributed by atoms with Gasteiger partial charge >= 0.3 is 22.3 Å². The van der Waals surface area contributed by atoms with Gasteiger partial charge in [-0.2, -0.15) is 13.4 Å². The summed E-state index contributed by atoms with van der Waals surface area (Å²) in [6.45, 7) is 0. The van der Waals surface area contributed by atoms with Gasteiger partial charge in [0, 0.05) is 12.1 Å². The van der Waals surface area contributed by atoms with Crippen LogP contribution in [0.25, 0.3) is 0 Å². The summed E-state index contributed by atoms with van der Waals surface area (Å²) in [6, 6.07) is 5.68. The number of hydrogen-bond acceptors (Lipinski definition) is 10. The number of benzene rings is 1. The number of carbonyl (C=O) groups excluding carboxylic acids is 2. The Morgan fingerprint density at radius 3 is 2.33 bits per heavy atom. The van der Waals surface area contributed by atoms with Gasteiger partial charge in [0.1, 0.15) is 17.1 Å². The second-order valence-electron chi connectivity index (χ2n) is 5.36. The van der Waals surface area contributed by atoms with Gasteiger partial charge in [-0.15, -0.1) is 0 Å². The summed E-state index contributed by atoms with van der Waals surface area (Å²) in [5, 5.41) is 2.21. The highest BCUT2D eigenvalue weighted by Gasteiger charge is 2.25. The minimum absolute atomic E-state index is 0.0496. The largest absolute Gasteiger partial charge is 0.496 e. The molecule has 162 valence electrons. The van der Waals surface area contributed by atoms with Crippen molar-refractivity contribution in [2.45, 2.75) is 0 Å². The van der Waals surface area contributed by atoms with Gasteiger partial charge in [0.05, 0.1) is 28.4 Å². The average molecular weight is 441 g/mol. The van der Waals surface area contributed by atoms with Gasteiger partial charge in [0.15, 0.2) is 5.75 Å². The number of ether oxygens (including phenoxy) is 4. The molecule has 0 bridgehead atoms. The third-order valence-corrected chi connectivity index (χ3v) is 4.30. The second kappa shape index (κ2) is 9.65. The highest BCUT2D eigenvalue weighted by atomic mass is 32.2. The van der Waals surface area contributed by atoms with Gasteiger partial charge in [0.2, 0.25) is 11.6 Å². The van der Waals surface area contributed by atoms with Crippen molar-refractivity contribution < 1.29 is 41.1 Å². The maximum atomic E-state index is 12.3. The Balaban J connectivity index is 2.22. The lowest BCUT2D eigenvalue weighted by Crippen LogP contribution is -2.37. The van der Waals surface area contributed by atoms with Crippen LogP contribution in [0.2, 0.25) is 0 Å². The predicted octanol–water partition coefficient (Wildman–Crippen LogP) is 1.34. The van der Waals surface area contributed by atoms with Crippen LogP contribution in [-0.2, 0) is 15.0 Å². The van der Waals surface area contributed by atoms with Crippen LogP contribution < -0.4 is 28.4 Å². The maximum Gasteiger partial charge on any atom is 0.411 e. The second-order valence-corrected chi connectivity index (χ2v) is 6.64. The first-order chi connectivity index (χ1) is 14.2. The normalized spacial score (nSPS) is 10.5. The SMILES string of the molecule is COC(=O)c1cccc(OC)c1OS(=O)(=O)NC(=O)Nc1cc(OC)cc(OC)n1. The Bertz CT molecular complexity index is 1020. The molecular formula is C17H19N3O9S. The quantitative estimate of drug-likeness (QED) is 0.574. The molecule has 1 heterocycles. The van der Waals surface area contributed by atoms with Crippen molar-refractivity contribution in [3.63, 3.8) is 0 Å². The smallest absolute Gasteiger partial charge is 0.411 e. The fraction of sp³-hybridized carbons (Fsp3) is 0.235. The average Bonchev–Trinajstić information content (AvgIpc) is 2.71. The molecule has 12 nitrogen and oxygen atoms in total. The summed E-state index contributed by atoms with van der Waals surface area (Å²) in [7, 11) is 0.387. The summed E-state index contributed by atoms with van der Waals surface area (Å²) in [4.78, 5) is 27.9. The zero-order valence-electron chi connectivity index (χ0n) is 16.4. The highest BCUT2D eigenvalue weighted by Crippen LogP contribution is 2.32. The van der Waals surface area contributed by atoms with E-state index < -0.39 is 28.1 Å². The van der Waals surface area contributed by atoms with E-state index in [0.717, 1.165) is 7.11 Å². The van der Waals surface area contributed by atoms with Crippen LogP contribution >= 0.6 is 0 Å². The van der Waals surface area contributed by atoms with Gasteiger partial charge in [-0.05, 0) is 12.1 Å². The van der Waals surface area contributed by atoms with Gasteiger partial charge in [-0.1, -0.05) is 6.07 Å². The van der Waals surface area contributed by atoms with Crippen molar-refractivity contribution in [2.75, 3.05) is 33.8 Å². The van der Waals surface area contributed by atoms with Crippen molar-refractivity contribution in [2.24, 2.45) is 0 Å². The molecule has 0 atom stereocenters. The van der Waals surface area contributed by atoms with Crippen LogP contribution in [0.15, 0.2) is 30.3 Å². The number of carbonyl (C=O) groups is 2. The van der Waals surface area contributed by atoms with E-state index in [-0.39, 0.29) is 23.0 Å². The number of rotatable bonds is 8. The number of aromatic nitrogens is 1. The van der Waals surface area contributed by atoms with E-state index in [4.69, 9.17) is 18.4 Å². The van der Waals surface area contributed by atoms with Crippen molar-refractivity contribution in [3.05, 3.63) is 35.9 Å². The molecule has 0 radical (unpaired) electrons. The molecule has 0 spiro atoms. The monoisotopic (exact) mass is 441 g/mol. The minimum Gasteiger partial charge on any atom is -0.496 e. The minimum atomic E-state index is -4.72. The third kappa shape index (κ3) is 5.64. The maximum absolute atomic E-state index is 12.3. The summed E-state index contributed by atoms with van der Waals surface area (Å²) < 4.78 is 50.7. The van der Waals surface area contributed by atoms with Crippen LogP contribution in [0.1, 0.15) is 10.4 Å². The van der Waals surface area contributed by atoms with E-state index in [2.05, 4.69) is 15.0 Å². The number of urea groups is 1. The van der Waals surface area contributed by atoms with E-state index in [1.807, 2.05) is 0 Å². The van der Waals surface area contributed by atoms with Crippen LogP contribution in [0.5, 0.6) is 23.1 Å². The number of anilines is 1. The molecule has 1 aromatic heterocycles. The number of para-hydroxylation sites is 1. The Labute approximate surface area is 172 Å². The van der Waals surface area contributed by atoms with Gasteiger partial charge in [0.25, 0.3) is 0 Å². The molecule has 0 unspecified atom stereocenters. The highest BCUT2D eigenvalue weighted by molar-refractivity contribution is 7.85. The fourth-order valence-electron chi connectivity index (χ4n) is 2.19. The van der Waals surface area contributed by atoms with Crippen molar-refractivity contribution >= 4 is 28.1 Å². The standard InChI is InChI=1S/C17H19N3O9S/c1-25-10-8-13(18-14(9-10)27-3)19-17(22)20-30(23,24)29-15-11(16(21)28-4)6-5-7-12(15)26-2/h5-9H,1-4H3,(H2,18,19,20,22). The number of pyridine rings is 1. The lowest BCUT2D eigenvalue weighted by atomic mass is 10.2. The van der Waals surface area contributed by atoms with Crippen LogP contribution in [0, 0.1) is 0 Å². The summed E-state index contributed by atoms with van der Waals surface area (Å²) in [5.41, 5.74) is -0.221. The van der Waals surface area contributed by atoms with Gasteiger partial charge in [-0.25, -0.2) is 14.3 Å². The van der Waals surface area contributed by atoms with Crippen LogP contribution in [-0.4, -0.2) is 53.8 Å². The van der Waals surface area contributed by atoms with Crippen molar-refractivity contribution in [3.8, 4) is 23.1 Å². The zero-order chi connectivity index (χ0) is 22.3. The number of nitrogens with zero attached hydrogens (tertiary/aromatic N) is 1. The number of methoxy groups -OCH3 is 4. The van der Waals surface area contributed by atoms with E-state index >= 15 is 0 Å². The van der Waals surface area contributed by atoms with Gasteiger partial charge < -0.3 is 23.1 Å². The summed E-state index contributed by atoms with van der Waals surface area (Å²) in [6.07, 6.45) is 0. The first-order valence-corrected chi connectivity index (χ1v) is 9.52. The summed E-state index contributed by atoms with van der Waals surface area (Å²) >= 11 is 0.